The molecule has 1 amide bonds. The summed E-state index contributed by atoms with van der Waals surface area (Å²) in [6.45, 7) is 5.22. The van der Waals surface area contributed by atoms with Crippen molar-refractivity contribution in [3.8, 4) is 0 Å². The first kappa shape index (κ1) is 23.8. The number of rotatable bonds is 7. The fourth-order valence-corrected chi connectivity index (χ4v) is 6.74. The summed E-state index contributed by atoms with van der Waals surface area (Å²) in [6, 6.07) is 13.1. The molecule has 0 radical (unpaired) electrons. The summed E-state index contributed by atoms with van der Waals surface area (Å²) in [6.07, 6.45) is 1.80. The van der Waals surface area contributed by atoms with Gasteiger partial charge in [0.2, 0.25) is 15.9 Å². The van der Waals surface area contributed by atoms with E-state index in [1.54, 1.807) is 30.0 Å². The first-order valence-electron chi connectivity index (χ1n) is 11.3. The van der Waals surface area contributed by atoms with Crippen molar-refractivity contribution in [1.29, 1.82) is 0 Å². The van der Waals surface area contributed by atoms with Crippen molar-refractivity contribution < 1.29 is 13.2 Å². The largest absolute Gasteiger partial charge is 0.331 e. The van der Waals surface area contributed by atoms with Gasteiger partial charge in [-0.3, -0.25) is 4.79 Å². The minimum Gasteiger partial charge on any atom is -0.331 e. The number of carbonyl (C=O) groups is 1. The van der Waals surface area contributed by atoms with Crippen LogP contribution in [0.5, 0.6) is 0 Å². The number of para-hydroxylation sites is 1. The Hall–Kier alpha value is -2.36. The number of benzene rings is 2. The highest BCUT2D eigenvalue weighted by atomic mass is 32.2. The van der Waals surface area contributed by atoms with Crippen molar-refractivity contribution in [2.75, 3.05) is 30.3 Å². The topological polar surface area (TPSA) is 75.5 Å². The van der Waals surface area contributed by atoms with Crippen molar-refractivity contribution >= 4 is 44.4 Å². The lowest BCUT2D eigenvalue weighted by Crippen LogP contribution is -2.32. The van der Waals surface area contributed by atoms with E-state index in [0.717, 1.165) is 40.6 Å². The van der Waals surface area contributed by atoms with Gasteiger partial charge in [0.25, 0.3) is 0 Å². The Morgan fingerprint density at radius 2 is 1.91 bits per heavy atom. The second kappa shape index (κ2) is 9.87. The molecule has 0 N–H and O–H groups in total. The third kappa shape index (κ3) is 4.67. The lowest BCUT2D eigenvalue weighted by atomic mass is 10.2. The van der Waals surface area contributed by atoms with Crippen molar-refractivity contribution in [2.24, 2.45) is 7.05 Å². The van der Waals surface area contributed by atoms with Crippen LogP contribution in [0.3, 0.4) is 0 Å². The highest BCUT2D eigenvalue weighted by Crippen LogP contribution is 2.34. The van der Waals surface area contributed by atoms with Crippen LogP contribution in [0.4, 0.5) is 5.69 Å². The van der Waals surface area contributed by atoms with Gasteiger partial charge >= 0.3 is 0 Å². The van der Waals surface area contributed by atoms with Gasteiger partial charge in [0.15, 0.2) is 0 Å². The van der Waals surface area contributed by atoms with E-state index >= 15 is 0 Å². The van der Waals surface area contributed by atoms with Crippen LogP contribution in [0.2, 0.25) is 0 Å². The number of fused-ring (bicyclic) bond motifs is 2. The number of carbonyl (C=O) groups excluding carboxylic acids is 1. The molecule has 0 spiro atoms. The molecule has 176 valence electrons. The quantitative estimate of drug-likeness (QED) is 0.503. The maximum absolute atomic E-state index is 13.1. The van der Waals surface area contributed by atoms with Crippen LogP contribution in [-0.4, -0.2) is 53.6 Å². The predicted molar refractivity (Wildman–Crippen MR) is 133 cm³/mol. The molecule has 7 nitrogen and oxygen atoms in total. The molecule has 3 aromatic rings. The lowest BCUT2D eigenvalue weighted by Gasteiger charge is -2.22. The summed E-state index contributed by atoms with van der Waals surface area (Å²) in [5.41, 5.74) is 2.47. The molecule has 0 aliphatic carbocycles. The number of anilines is 1. The number of aromatic nitrogens is 2. The maximum Gasteiger partial charge on any atom is 0.243 e. The van der Waals surface area contributed by atoms with Gasteiger partial charge in [-0.15, -0.1) is 11.8 Å². The van der Waals surface area contributed by atoms with Crippen LogP contribution >= 0.6 is 11.8 Å². The van der Waals surface area contributed by atoms with Gasteiger partial charge in [0, 0.05) is 44.4 Å². The van der Waals surface area contributed by atoms with Gasteiger partial charge in [-0.1, -0.05) is 26.0 Å². The molecule has 9 heteroatoms. The van der Waals surface area contributed by atoms with Gasteiger partial charge in [-0.2, -0.15) is 4.31 Å². The van der Waals surface area contributed by atoms with Gasteiger partial charge in [-0.05, 0) is 42.5 Å². The number of imidazole rings is 1. The summed E-state index contributed by atoms with van der Waals surface area (Å²) in [7, 11) is -1.64. The van der Waals surface area contributed by atoms with Gasteiger partial charge in [0.1, 0.15) is 5.82 Å². The van der Waals surface area contributed by atoms with Crippen LogP contribution in [0.1, 0.15) is 32.5 Å². The fourth-order valence-electron chi connectivity index (χ4n) is 4.27. The molecule has 0 saturated carbocycles. The molecule has 4 rings (SSSR count). The number of thioether (sulfide) groups is 1. The third-order valence-electron chi connectivity index (χ3n) is 6.09. The summed E-state index contributed by atoms with van der Waals surface area (Å²) in [5, 5.41) is 0. The third-order valence-corrected chi connectivity index (χ3v) is 9.29. The second-order valence-electron chi connectivity index (χ2n) is 8.04. The average molecular weight is 487 g/mol. The normalized spacial score (nSPS) is 14.5. The lowest BCUT2D eigenvalue weighted by molar-refractivity contribution is -0.118. The van der Waals surface area contributed by atoms with Crippen molar-refractivity contribution in [3.05, 3.63) is 48.3 Å². The molecule has 2 heterocycles. The van der Waals surface area contributed by atoms with Gasteiger partial charge in [-0.25, -0.2) is 13.4 Å². The molecule has 2 aromatic carbocycles. The standard InChI is InChI=1S/C24H30N4O3S2/c1-4-27(5-2)33(30,31)18-11-12-20-19(17-18)25-23(26(20)3)13-14-24(29)28-15-8-16-32-22-10-7-6-9-21(22)28/h6-7,9-12,17H,4-5,8,13-16H2,1-3H3. The Morgan fingerprint density at radius 3 is 2.67 bits per heavy atom. The van der Waals surface area contributed by atoms with E-state index < -0.39 is 10.0 Å². The Bertz CT molecular complexity index is 1270. The molecule has 1 aromatic heterocycles. The van der Waals surface area contributed by atoms with E-state index in [9.17, 15) is 13.2 Å². The number of sulfonamides is 1. The van der Waals surface area contributed by atoms with Gasteiger partial charge < -0.3 is 9.47 Å². The molecule has 0 unspecified atom stereocenters. The zero-order valence-electron chi connectivity index (χ0n) is 19.3. The molecule has 33 heavy (non-hydrogen) atoms. The average Bonchev–Trinajstić information content (AvgIpc) is 2.98. The fraction of sp³-hybridized carbons (Fsp3) is 0.417. The van der Waals surface area contributed by atoms with Crippen molar-refractivity contribution in [3.63, 3.8) is 0 Å². The monoisotopic (exact) mass is 486 g/mol. The van der Waals surface area contributed by atoms with Crippen LogP contribution in [-0.2, 0) is 28.3 Å². The predicted octanol–water partition coefficient (Wildman–Crippen LogP) is 4.07. The SMILES string of the molecule is CCN(CC)S(=O)(=O)c1ccc2c(c1)nc(CCC(=O)N1CCCSc3ccccc31)n2C. The number of nitrogens with zero attached hydrogens (tertiary/aromatic N) is 4. The Morgan fingerprint density at radius 1 is 1.15 bits per heavy atom. The zero-order valence-corrected chi connectivity index (χ0v) is 21.0. The molecular weight excluding hydrogens is 456 g/mol. The smallest absolute Gasteiger partial charge is 0.243 e. The number of amides is 1. The minimum absolute atomic E-state index is 0.0850. The summed E-state index contributed by atoms with van der Waals surface area (Å²) in [4.78, 5) is 21.1. The highest BCUT2D eigenvalue weighted by Gasteiger charge is 2.24. The van der Waals surface area contributed by atoms with Gasteiger partial charge in [0.05, 0.1) is 21.6 Å². The van der Waals surface area contributed by atoms with E-state index in [4.69, 9.17) is 0 Å². The van der Waals surface area contributed by atoms with Crippen LogP contribution in [0.25, 0.3) is 11.0 Å². The van der Waals surface area contributed by atoms with Crippen molar-refractivity contribution in [2.45, 2.75) is 42.9 Å². The Balaban J connectivity index is 1.55. The highest BCUT2D eigenvalue weighted by molar-refractivity contribution is 7.99. The van der Waals surface area contributed by atoms with E-state index in [-0.39, 0.29) is 10.8 Å². The first-order valence-corrected chi connectivity index (χ1v) is 13.8. The van der Waals surface area contributed by atoms with E-state index in [0.29, 0.717) is 31.4 Å². The van der Waals surface area contributed by atoms with E-state index in [1.165, 1.54) is 4.31 Å². The van der Waals surface area contributed by atoms with E-state index in [2.05, 4.69) is 11.1 Å². The van der Waals surface area contributed by atoms with Crippen LogP contribution in [0.15, 0.2) is 52.3 Å². The molecule has 0 fully saturated rings. The molecule has 1 aliphatic heterocycles. The first-order chi connectivity index (χ1) is 15.9. The molecule has 1 aliphatic rings. The maximum atomic E-state index is 13.1. The molecule has 0 atom stereocenters. The summed E-state index contributed by atoms with van der Waals surface area (Å²) >= 11 is 1.80. The van der Waals surface area contributed by atoms with Crippen LogP contribution < -0.4 is 4.90 Å². The number of aryl methyl sites for hydroxylation is 2. The number of hydrogen-bond donors (Lipinski definition) is 0. The van der Waals surface area contributed by atoms with Crippen LogP contribution in [0, 0.1) is 0 Å². The molecular formula is C24H30N4O3S2. The summed E-state index contributed by atoms with van der Waals surface area (Å²) in [5.74, 6) is 1.86. The minimum atomic E-state index is -3.55. The second-order valence-corrected chi connectivity index (χ2v) is 11.1. The van der Waals surface area contributed by atoms with Crippen molar-refractivity contribution in [1.82, 2.24) is 13.9 Å². The van der Waals surface area contributed by atoms with E-state index in [1.807, 2.05) is 48.6 Å². The summed E-state index contributed by atoms with van der Waals surface area (Å²) < 4.78 is 29.2. The Kier molecular flexibility index (Phi) is 7.11. The molecule has 0 bridgehead atoms. The zero-order chi connectivity index (χ0) is 23.6. The number of hydrogen-bond acceptors (Lipinski definition) is 5. The Labute approximate surface area is 199 Å². The molecule has 0 saturated heterocycles.